The second kappa shape index (κ2) is 9.52. The third-order valence-corrected chi connectivity index (χ3v) is 0. The highest BCUT2D eigenvalue weighted by Crippen LogP contribution is 1.66. The molecule has 0 heterocycles. The van der Waals surface area contributed by atoms with E-state index < -0.39 is 8.69 Å². The van der Waals surface area contributed by atoms with Crippen molar-refractivity contribution in [3.8, 4) is 0 Å². The van der Waals surface area contributed by atoms with Gasteiger partial charge in [-0.2, -0.15) is 4.89 Å². The van der Waals surface area contributed by atoms with Gasteiger partial charge in [0.1, 0.15) is 0 Å². The van der Waals surface area contributed by atoms with E-state index in [1.54, 1.807) is 0 Å². The summed E-state index contributed by atoms with van der Waals surface area (Å²) >= 11 is 0. The van der Waals surface area contributed by atoms with Gasteiger partial charge in [-0.1, -0.05) is 0 Å². The molecule has 0 aromatic carbocycles. The van der Waals surface area contributed by atoms with Crippen LogP contribution in [0.4, 0.5) is 0 Å². The summed E-state index contributed by atoms with van der Waals surface area (Å²) in [5, 5.41) is 0. The summed E-state index contributed by atoms with van der Waals surface area (Å²) in [4.78, 5) is 7.04. The van der Waals surface area contributed by atoms with Gasteiger partial charge in [-0.15, -0.1) is 0 Å². The molecule has 1 N–H and O–H groups in total. The van der Waals surface area contributed by atoms with E-state index in [1.807, 2.05) is 0 Å². The zero-order valence-corrected chi connectivity index (χ0v) is 2.36. The second-order valence-electron chi connectivity index (χ2n) is 0.0913. The second-order valence-corrected chi connectivity index (χ2v) is 0.274. The van der Waals surface area contributed by atoms with Crippen molar-refractivity contribution in [1.82, 2.24) is 0 Å². The van der Waals surface area contributed by atoms with Gasteiger partial charge >= 0.3 is 8.69 Å². The monoisotopic (exact) mass is 95.0 g/mol. The van der Waals surface area contributed by atoms with Crippen molar-refractivity contribution in [3.63, 3.8) is 0 Å². The molecule has 1 unspecified atom stereocenters. The van der Waals surface area contributed by atoms with Crippen molar-refractivity contribution in [2.75, 3.05) is 0 Å². The highest BCUT2D eigenvalue weighted by atomic mass is 31.1. The molecule has 2 nitrogen and oxygen atoms in total. The molecular weight excluding hydrogens is 90.0 g/mol. The molecule has 0 amide bonds. The predicted molar refractivity (Wildman–Crippen MR) is 21.2 cm³/mol. The Hall–Kier alpha value is 0.592. The molecule has 0 saturated carbocycles. The number of rotatable bonds is 0. The van der Waals surface area contributed by atoms with Gasteiger partial charge in [0, 0.05) is 0 Å². The lowest BCUT2D eigenvalue weighted by Gasteiger charge is -1.08. The molecular formula is H5AlO2P+. The van der Waals surface area contributed by atoms with Gasteiger partial charge < -0.3 is 0 Å². The number of hydrogen-bond donors (Lipinski definition) is 1. The summed E-state index contributed by atoms with van der Waals surface area (Å²) < 4.78 is 8.51. The average Bonchev–Trinajstić information content (AvgIpc) is 0.918. The first kappa shape index (κ1) is 8.82. The molecule has 4 heavy (non-hydrogen) atoms. The van der Waals surface area contributed by atoms with Gasteiger partial charge in [0.15, 0.2) is 17.4 Å². The average molecular weight is 95.0 g/mol. The van der Waals surface area contributed by atoms with Crippen LogP contribution < -0.4 is 0 Å². The normalized spacial score (nSPS) is 5.25. The maximum Gasteiger partial charge on any atom is 0.491 e. The predicted octanol–water partition coefficient (Wildman–Crippen LogP) is -1.27. The Kier molecular flexibility index (Phi) is 21.0. The largest absolute Gasteiger partial charge is 0.491 e. The van der Waals surface area contributed by atoms with Crippen LogP contribution in [0.5, 0.6) is 0 Å². The van der Waals surface area contributed by atoms with Crippen LogP contribution in [0.15, 0.2) is 0 Å². The van der Waals surface area contributed by atoms with Gasteiger partial charge in [-0.05, 0) is 4.57 Å². The van der Waals surface area contributed by atoms with E-state index in [4.69, 9.17) is 9.46 Å². The Morgan fingerprint density at radius 2 is 1.75 bits per heavy atom. The van der Waals surface area contributed by atoms with Crippen LogP contribution >= 0.6 is 8.69 Å². The lowest BCUT2D eigenvalue weighted by molar-refractivity contribution is 0.524. The van der Waals surface area contributed by atoms with Gasteiger partial charge in [0.25, 0.3) is 0 Å². The summed E-state index contributed by atoms with van der Waals surface area (Å²) in [5.41, 5.74) is 0. The molecule has 0 fully saturated rings. The summed E-state index contributed by atoms with van der Waals surface area (Å²) in [6, 6.07) is 0. The quantitative estimate of drug-likeness (QED) is 0.301. The summed E-state index contributed by atoms with van der Waals surface area (Å²) in [6.45, 7) is 0. The first-order valence-corrected chi connectivity index (χ1v) is 1.28. The van der Waals surface area contributed by atoms with Crippen LogP contribution in [0.1, 0.15) is 0 Å². The Morgan fingerprint density at radius 3 is 1.75 bits per heavy atom. The van der Waals surface area contributed by atoms with E-state index in [1.165, 1.54) is 0 Å². The molecule has 24 valence electrons. The molecule has 4 heteroatoms. The van der Waals surface area contributed by atoms with E-state index in [-0.39, 0.29) is 17.4 Å². The zero-order chi connectivity index (χ0) is 2.71. The van der Waals surface area contributed by atoms with E-state index in [9.17, 15) is 0 Å². The van der Waals surface area contributed by atoms with Crippen molar-refractivity contribution in [1.29, 1.82) is 0 Å². The molecule has 0 spiro atoms. The molecule has 0 saturated heterocycles. The van der Waals surface area contributed by atoms with Crippen LogP contribution in [-0.4, -0.2) is 22.3 Å². The first-order valence-electron chi connectivity index (χ1n) is 0.428. The van der Waals surface area contributed by atoms with Crippen molar-refractivity contribution >= 4 is 26.0 Å². The first-order chi connectivity index (χ1) is 1.41. The standard InChI is InChI=1S/Al.HO2P.3H/c;1-3-2;;;/h;3H;;;/p+1. The maximum atomic E-state index is 8.51. The van der Waals surface area contributed by atoms with Crippen molar-refractivity contribution in [2.45, 2.75) is 0 Å². The molecule has 0 aromatic heterocycles. The molecule has 0 aliphatic rings. The Labute approximate surface area is 36.2 Å². The van der Waals surface area contributed by atoms with Gasteiger partial charge in [-0.3, -0.25) is 0 Å². The smallest absolute Gasteiger partial charge is 0.162 e. The van der Waals surface area contributed by atoms with Crippen molar-refractivity contribution in [2.24, 2.45) is 0 Å². The van der Waals surface area contributed by atoms with E-state index >= 15 is 0 Å². The molecule has 1 atom stereocenters. The highest BCUT2D eigenvalue weighted by Gasteiger charge is 1.45. The summed E-state index contributed by atoms with van der Waals surface area (Å²) in [7, 11) is -1.17. The Morgan fingerprint density at radius 1 is 1.75 bits per heavy atom. The lowest BCUT2D eigenvalue weighted by atomic mass is 15.9. The molecule has 0 aromatic rings. The fraction of sp³-hybridized carbons (Fsp3) is 0. The minimum absolute atomic E-state index is 0. The van der Waals surface area contributed by atoms with Crippen molar-refractivity contribution in [3.05, 3.63) is 0 Å². The van der Waals surface area contributed by atoms with Crippen LogP contribution in [0.25, 0.3) is 0 Å². The molecule has 0 aliphatic heterocycles. The molecule has 0 radical (unpaired) electrons. The summed E-state index contributed by atoms with van der Waals surface area (Å²) in [5.74, 6) is 0. The highest BCUT2D eigenvalue weighted by molar-refractivity contribution is 7.16. The molecule has 0 aliphatic carbocycles. The van der Waals surface area contributed by atoms with Gasteiger partial charge in [0.05, 0.1) is 0 Å². The minimum atomic E-state index is -1.17. The SMILES string of the molecule is O=[PH+]O.[AlH3]. The van der Waals surface area contributed by atoms with Crippen LogP contribution in [0, 0.1) is 0 Å². The third kappa shape index (κ3) is 18.7. The van der Waals surface area contributed by atoms with E-state index in [2.05, 4.69) is 0 Å². The fourth-order valence-corrected chi connectivity index (χ4v) is 0. The van der Waals surface area contributed by atoms with Crippen LogP contribution in [0.2, 0.25) is 0 Å². The lowest BCUT2D eigenvalue weighted by Crippen LogP contribution is -1.03. The topological polar surface area (TPSA) is 37.3 Å². The van der Waals surface area contributed by atoms with Gasteiger partial charge in [-0.25, -0.2) is 0 Å². The van der Waals surface area contributed by atoms with E-state index in [0.717, 1.165) is 0 Å². The van der Waals surface area contributed by atoms with Crippen LogP contribution in [-0.2, 0) is 4.57 Å². The van der Waals surface area contributed by atoms with E-state index in [0.29, 0.717) is 0 Å². The molecule has 0 bridgehead atoms. The zero-order valence-electron chi connectivity index (χ0n) is 1.36. The fourth-order valence-electron chi connectivity index (χ4n) is 0. The Bertz CT molecular complexity index is 13.5. The van der Waals surface area contributed by atoms with Crippen molar-refractivity contribution < 1.29 is 9.46 Å². The Balaban J connectivity index is 0. The molecule has 0 rings (SSSR count). The number of hydrogen-bond acceptors (Lipinski definition) is 1. The minimum Gasteiger partial charge on any atom is -0.162 e. The summed E-state index contributed by atoms with van der Waals surface area (Å²) in [6.07, 6.45) is 0. The van der Waals surface area contributed by atoms with Crippen LogP contribution in [0.3, 0.4) is 0 Å². The van der Waals surface area contributed by atoms with Gasteiger partial charge in [0.2, 0.25) is 0 Å². The maximum absolute atomic E-state index is 8.51. The third-order valence-electron chi connectivity index (χ3n) is 0.